The van der Waals surface area contributed by atoms with Crippen molar-refractivity contribution in [3.8, 4) is 5.75 Å². The van der Waals surface area contributed by atoms with Crippen LogP contribution in [0.25, 0.3) is 6.08 Å². The summed E-state index contributed by atoms with van der Waals surface area (Å²) < 4.78 is 11.4. The second-order valence-corrected chi connectivity index (χ2v) is 7.67. The molecule has 1 aromatic heterocycles. The lowest BCUT2D eigenvalue weighted by Crippen LogP contribution is -2.27. The van der Waals surface area contributed by atoms with E-state index in [2.05, 4.69) is 22.5 Å². The Bertz CT molecular complexity index is 921. The van der Waals surface area contributed by atoms with Crippen LogP contribution in [0.3, 0.4) is 0 Å². The number of benzene rings is 1. The molecule has 0 radical (unpaired) electrons. The van der Waals surface area contributed by atoms with Gasteiger partial charge in [-0.05, 0) is 51.8 Å². The van der Waals surface area contributed by atoms with E-state index in [1.807, 2.05) is 0 Å². The number of thiocarbonyl (C=S) groups is 1. The van der Waals surface area contributed by atoms with Gasteiger partial charge in [0.25, 0.3) is 5.91 Å². The topological polar surface area (TPSA) is 59.8 Å². The maximum absolute atomic E-state index is 12.3. The number of thioether (sulfide) groups is 1. The fourth-order valence-electron chi connectivity index (χ4n) is 2.17. The Labute approximate surface area is 167 Å². The number of esters is 1. The molecule has 1 aliphatic rings. The smallest absolute Gasteiger partial charge is 0.379 e. The van der Waals surface area contributed by atoms with Crippen molar-refractivity contribution in [1.82, 2.24) is 4.90 Å². The van der Waals surface area contributed by atoms with Gasteiger partial charge in [0, 0.05) is 6.54 Å². The largest absolute Gasteiger partial charge is 0.457 e. The summed E-state index contributed by atoms with van der Waals surface area (Å²) in [5, 5.41) is 0. The second kappa shape index (κ2) is 8.03. The number of carbonyl (C=O) groups excluding carboxylic acids is 2. The van der Waals surface area contributed by atoms with Crippen LogP contribution >= 0.6 is 39.9 Å². The Hall–Kier alpha value is -2.16. The highest BCUT2D eigenvalue weighted by atomic mass is 79.9. The van der Waals surface area contributed by atoms with E-state index in [-0.39, 0.29) is 11.7 Å². The highest BCUT2D eigenvalue weighted by Gasteiger charge is 2.30. The summed E-state index contributed by atoms with van der Waals surface area (Å²) in [6.45, 7) is 4.01. The number of rotatable bonds is 5. The monoisotopic (exact) mass is 449 g/mol. The lowest BCUT2D eigenvalue weighted by Gasteiger charge is -2.10. The fourth-order valence-corrected chi connectivity index (χ4v) is 3.92. The first-order chi connectivity index (χ1) is 12.5. The zero-order chi connectivity index (χ0) is 18.7. The van der Waals surface area contributed by atoms with Gasteiger partial charge in [0.15, 0.2) is 0 Å². The van der Waals surface area contributed by atoms with Crippen LogP contribution in [0, 0.1) is 0 Å². The van der Waals surface area contributed by atoms with Crippen LogP contribution < -0.4 is 4.74 Å². The van der Waals surface area contributed by atoms with Crippen molar-refractivity contribution in [3.05, 3.63) is 70.0 Å². The summed E-state index contributed by atoms with van der Waals surface area (Å²) in [4.78, 5) is 26.3. The molecule has 2 aromatic rings. The third kappa shape index (κ3) is 3.98. The van der Waals surface area contributed by atoms with Gasteiger partial charge < -0.3 is 9.15 Å². The van der Waals surface area contributed by atoms with Gasteiger partial charge in [-0.25, -0.2) is 4.79 Å². The number of amides is 1. The van der Waals surface area contributed by atoms with E-state index < -0.39 is 5.97 Å². The number of carbonyl (C=O) groups is 2. The van der Waals surface area contributed by atoms with Crippen molar-refractivity contribution in [3.63, 3.8) is 0 Å². The molecule has 8 heteroatoms. The van der Waals surface area contributed by atoms with Crippen molar-refractivity contribution in [1.29, 1.82) is 0 Å². The number of ether oxygens (including phenoxy) is 1. The minimum Gasteiger partial charge on any atom is -0.457 e. The Morgan fingerprint density at radius 3 is 2.88 bits per heavy atom. The van der Waals surface area contributed by atoms with Crippen LogP contribution in [0.2, 0.25) is 0 Å². The van der Waals surface area contributed by atoms with E-state index in [0.717, 1.165) is 5.56 Å². The fraction of sp³-hybridized carbons (Fsp3) is 0.0556. The Kier molecular flexibility index (Phi) is 5.75. The minimum absolute atomic E-state index is 0.117. The third-order valence-electron chi connectivity index (χ3n) is 3.36. The first kappa shape index (κ1) is 18.6. The molecule has 0 atom stereocenters. The van der Waals surface area contributed by atoms with Gasteiger partial charge >= 0.3 is 5.97 Å². The van der Waals surface area contributed by atoms with E-state index in [1.54, 1.807) is 36.4 Å². The maximum atomic E-state index is 12.3. The van der Waals surface area contributed by atoms with Gasteiger partial charge in [-0.3, -0.25) is 9.69 Å². The molecular weight excluding hydrogens is 438 g/mol. The summed E-state index contributed by atoms with van der Waals surface area (Å²) in [6, 6.07) is 8.27. The molecule has 0 N–H and O–H groups in total. The Morgan fingerprint density at radius 1 is 1.42 bits per heavy atom. The van der Waals surface area contributed by atoms with Crippen molar-refractivity contribution >= 4 is 62.2 Å². The molecule has 5 nitrogen and oxygen atoms in total. The molecule has 0 aliphatic carbocycles. The van der Waals surface area contributed by atoms with Crippen molar-refractivity contribution in [2.45, 2.75) is 0 Å². The summed E-state index contributed by atoms with van der Waals surface area (Å²) in [5.41, 5.74) is 0.772. The molecule has 1 aliphatic heterocycles. The summed E-state index contributed by atoms with van der Waals surface area (Å²) >= 11 is 9.83. The first-order valence-electron chi connectivity index (χ1n) is 7.41. The molecule has 0 spiro atoms. The molecule has 1 saturated heterocycles. The van der Waals surface area contributed by atoms with Crippen LogP contribution in [-0.2, 0) is 4.79 Å². The average Bonchev–Trinajstić information content (AvgIpc) is 3.22. The Balaban J connectivity index is 1.77. The average molecular weight is 450 g/mol. The predicted octanol–water partition coefficient (Wildman–Crippen LogP) is 4.65. The van der Waals surface area contributed by atoms with E-state index in [1.165, 1.54) is 29.0 Å². The summed E-state index contributed by atoms with van der Waals surface area (Å²) in [5.74, 6) is -0.271. The maximum Gasteiger partial charge on any atom is 0.379 e. The number of furan rings is 1. The molecule has 1 fully saturated rings. The lowest BCUT2D eigenvalue weighted by atomic mass is 10.2. The van der Waals surface area contributed by atoms with E-state index >= 15 is 0 Å². The highest BCUT2D eigenvalue weighted by molar-refractivity contribution is 9.10. The summed E-state index contributed by atoms with van der Waals surface area (Å²) in [7, 11) is 0. The number of hydrogen-bond acceptors (Lipinski definition) is 6. The van der Waals surface area contributed by atoms with Gasteiger partial charge in [-0.15, -0.1) is 6.58 Å². The normalized spacial score (nSPS) is 15.6. The van der Waals surface area contributed by atoms with E-state index in [0.29, 0.717) is 26.0 Å². The second-order valence-electron chi connectivity index (χ2n) is 5.14. The Morgan fingerprint density at radius 2 is 2.23 bits per heavy atom. The van der Waals surface area contributed by atoms with Gasteiger partial charge in [0.2, 0.25) is 5.76 Å². The van der Waals surface area contributed by atoms with E-state index in [9.17, 15) is 9.59 Å². The minimum atomic E-state index is -0.589. The van der Waals surface area contributed by atoms with E-state index in [4.69, 9.17) is 21.4 Å². The van der Waals surface area contributed by atoms with Crippen LogP contribution in [-0.4, -0.2) is 27.6 Å². The van der Waals surface area contributed by atoms with Crippen molar-refractivity contribution in [2.24, 2.45) is 0 Å². The third-order valence-corrected chi connectivity index (χ3v) is 5.36. The molecule has 132 valence electrons. The lowest BCUT2D eigenvalue weighted by molar-refractivity contribution is -0.121. The van der Waals surface area contributed by atoms with Crippen molar-refractivity contribution < 1.29 is 18.7 Å². The molecular formula is C18H12BrNO4S2. The van der Waals surface area contributed by atoms with Gasteiger partial charge in [0.1, 0.15) is 10.1 Å². The molecule has 0 bridgehead atoms. The number of halogens is 1. The predicted molar refractivity (Wildman–Crippen MR) is 108 cm³/mol. The molecule has 1 amide bonds. The SMILES string of the molecule is C=CCN1C(=O)/C(=C/c2ccc(OC(=O)c3ccco3)c(Br)c2)SC1=S. The highest BCUT2D eigenvalue weighted by Crippen LogP contribution is 2.34. The first-order valence-corrected chi connectivity index (χ1v) is 9.43. The molecule has 2 heterocycles. The van der Waals surface area contributed by atoms with Crippen molar-refractivity contribution in [2.75, 3.05) is 6.54 Å². The molecule has 26 heavy (non-hydrogen) atoms. The van der Waals surface area contributed by atoms with Crippen LogP contribution in [0.15, 0.2) is 63.0 Å². The molecule has 1 aromatic carbocycles. The van der Waals surface area contributed by atoms with Gasteiger partial charge in [-0.2, -0.15) is 0 Å². The van der Waals surface area contributed by atoms with Crippen LogP contribution in [0.4, 0.5) is 0 Å². The summed E-state index contributed by atoms with van der Waals surface area (Å²) in [6.07, 6.45) is 4.77. The van der Waals surface area contributed by atoms with Gasteiger partial charge in [0.05, 0.1) is 15.6 Å². The molecule has 3 rings (SSSR count). The number of hydrogen-bond donors (Lipinski definition) is 0. The standard InChI is InChI=1S/C18H12BrNO4S2/c1-2-7-20-16(21)15(26-18(20)25)10-11-5-6-13(12(19)9-11)24-17(22)14-4-3-8-23-14/h2-6,8-10H,1,7H2/b15-10-. The van der Waals surface area contributed by atoms with Gasteiger partial charge in [-0.1, -0.05) is 36.1 Å². The molecule has 0 saturated carbocycles. The van der Waals surface area contributed by atoms with Crippen LogP contribution in [0.1, 0.15) is 16.1 Å². The zero-order valence-electron chi connectivity index (χ0n) is 13.3. The molecule has 0 unspecified atom stereocenters. The number of nitrogens with zero attached hydrogens (tertiary/aromatic N) is 1. The van der Waals surface area contributed by atoms with Crippen LogP contribution in [0.5, 0.6) is 5.75 Å². The zero-order valence-corrected chi connectivity index (χ0v) is 16.5. The quantitative estimate of drug-likeness (QED) is 0.217.